The molecule has 5 nitrogen and oxygen atoms in total. The molecular weight excluding hydrogens is 392 g/mol. The highest BCUT2D eigenvalue weighted by molar-refractivity contribution is 7.91. The van der Waals surface area contributed by atoms with E-state index in [2.05, 4.69) is 30.6 Å². The Morgan fingerprint density at radius 3 is 2.68 bits per heavy atom. The molecule has 28 heavy (non-hydrogen) atoms. The van der Waals surface area contributed by atoms with Gasteiger partial charge < -0.3 is 4.57 Å². The zero-order chi connectivity index (χ0) is 20.3. The van der Waals surface area contributed by atoms with Gasteiger partial charge in [-0.25, -0.2) is 8.42 Å². The van der Waals surface area contributed by atoms with Gasteiger partial charge in [-0.05, 0) is 42.3 Å². The number of carbonyl (C=O) groups excluding carboxylic acids is 1. The fourth-order valence-corrected chi connectivity index (χ4v) is 4.90. The highest BCUT2D eigenvalue weighted by Crippen LogP contribution is 2.20. The number of amides is 1. The van der Waals surface area contributed by atoms with Gasteiger partial charge in [0, 0.05) is 12.1 Å². The first-order chi connectivity index (χ1) is 13.4. The molecule has 0 aliphatic rings. The minimum absolute atomic E-state index is 0.0167. The lowest BCUT2D eigenvalue weighted by Gasteiger charge is -2.03. The fourth-order valence-electron chi connectivity index (χ4n) is 2.87. The second-order valence-corrected chi connectivity index (χ2v) is 9.58. The Hall–Kier alpha value is -2.51. The highest BCUT2D eigenvalue weighted by Gasteiger charge is 2.15. The quantitative estimate of drug-likeness (QED) is 0.573. The van der Waals surface area contributed by atoms with Crippen molar-refractivity contribution in [1.29, 1.82) is 0 Å². The van der Waals surface area contributed by atoms with Gasteiger partial charge in [0.1, 0.15) is 0 Å². The second-order valence-electron chi connectivity index (χ2n) is 6.29. The lowest BCUT2D eigenvalue weighted by molar-refractivity contribution is 0.0997. The fraction of sp³-hybridized carbons (Fsp3) is 0.238. The Balaban J connectivity index is 2.11. The van der Waals surface area contributed by atoms with Crippen molar-refractivity contribution >= 4 is 37.3 Å². The lowest BCUT2D eigenvalue weighted by Crippen LogP contribution is -2.16. The van der Waals surface area contributed by atoms with Crippen LogP contribution in [0.1, 0.15) is 29.8 Å². The van der Waals surface area contributed by atoms with Crippen LogP contribution in [0.15, 0.2) is 65.0 Å². The molecule has 1 aromatic heterocycles. The largest absolute Gasteiger partial charge is 0.312 e. The molecule has 0 spiro atoms. The highest BCUT2D eigenvalue weighted by atomic mass is 32.2. The van der Waals surface area contributed by atoms with Crippen LogP contribution in [0.3, 0.4) is 0 Å². The maximum absolute atomic E-state index is 12.7. The SMILES string of the molecule is C=CCn1c(=NC(=O)c2cccc(S(=O)(=O)CC)c2)sc2cc(CC)ccc21. The van der Waals surface area contributed by atoms with Crippen LogP contribution in [0.25, 0.3) is 10.2 Å². The predicted octanol–water partition coefficient (Wildman–Crippen LogP) is 3.99. The van der Waals surface area contributed by atoms with Gasteiger partial charge in [-0.2, -0.15) is 4.99 Å². The van der Waals surface area contributed by atoms with Gasteiger partial charge >= 0.3 is 0 Å². The molecule has 0 bridgehead atoms. The van der Waals surface area contributed by atoms with E-state index in [1.807, 2.05) is 10.6 Å². The van der Waals surface area contributed by atoms with Gasteiger partial charge in [0.15, 0.2) is 14.6 Å². The molecule has 0 aliphatic heterocycles. The number of nitrogens with zero attached hydrogens (tertiary/aromatic N) is 2. The number of carbonyl (C=O) groups is 1. The van der Waals surface area contributed by atoms with E-state index in [1.165, 1.54) is 29.0 Å². The first kappa shape index (κ1) is 20.2. The molecule has 0 unspecified atom stereocenters. The molecule has 0 saturated heterocycles. The van der Waals surface area contributed by atoms with Crippen molar-refractivity contribution in [3.05, 3.63) is 71.0 Å². The molecule has 0 fully saturated rings. The number of benzene rings is 2. The van der Waals surface area contributed by atoms with Crippen molar-refractivity contribution in [1.82, 2.24) is 4.57 Å². The van der Waals surface area contributed by atoms with Gasteiger partial charge in [0.05, 0.1) is 20.9 Å². The topological polar surface area (TPSA) is 68.5 Å². The van der Waals surface area contributed by atoms with Crippen LogP contribution < -0.4 is 4.80 Å². The molecule has 3 aromatic rings. The molecule has 0 atom stereocenters. The molecule has 146 valence electrons. The Kier molecular flexibility index (Phi) is 5.96. The summed E-state index contributed by atoms with van der Waals surface area (Å²) in [5.41, 5.74) is 2.47. The summed E-state index contributed by atoms with van der Waals surface area (Å²) in [6.07, 6.45) is 2.69. The number of aromatic nitrogens is 1. The molecule has 0 radical (unpaired) electrons. The van der Waals surface area contributed by atoms with Crippen LogP contribution >= 0.6 is 11.3 Å². The number of aryl methyl sites for hydroxylation is 1. The number of sulfone groups is 1. The monoisotopic (exact) mass is 414 g/mol. The van der Waals surface area contributed by atoms with E-state index >= 15 is 0 Å². The first-order valence-electron chi connectivity index (χ1n) is 9.04. The normalized spacial score (nSPS) is 12.4. The summed E-state index contributed by atoms with van der Waals surface area (Å²) in [6.45, 7) is 8.00. The van der Waals surface area contributed by atoms with Crippen LogP contribution in [-0.4, -0.2) is 24.6 Å². The summed E-state index contributed by atoms with van der Waals surface area (Å²) in [4.78, 5) is 17.7. The number of hydrogen-bond donors (Lipinski definition) is 0. The lowest BCUT2D eigenvalue weighted by atomic mass is 10.2. The maximum Gasteiger partial charge on any atom is 0.279 e. The van der Waals surface area contributed by atoms with Crippen LogP contribution in [0, 0.1) is 0 Å². The molecule has 0 aliphatic carbocycles. The Morgan fingerprint density at radius 1 is 1.21 bits per heavy atom. The van der Waals surface area contributed by atoms with E-state index in [0.717, 1.165) is 16.6 Å². The van der Waals surface area contributed by atoms with E-state index in [0.29, 0.717) is 11.3 Å². The minimum Gasteiger partial charge on any atom is -0.312 e. The molecule has 2 aromatic carbocycles. The van der Waals surface area contributed by atoms with Gasteiger partial charge in [-0.3, -0.25) is 4.79 Å². The molecule has 0 saturated carbocycles. The number of thiazole rings is 1. The summed E-state index contributed by atoms with van der Waals surface area (Å²) in [7, 11) is -3.38. The van der Waals surface area contributed by atoms with Gasteiger partial charge in [-0.1, -0.05) is 43.4 Å². The van der Waals surface area contributed by atoms with Crippen molar-refractivity contribution in [2.75, 3.05) is 5.75 Å². The van der Waals surface area contributed by atoms with Crippen molar-refractivity contribution in [3.8, 4) is 0 Å². The van der Waals surface area contributed by atoms with Crippen molar-refractivity contribution < 1.29 is 13.2 Å². The summed E-state index contributed by atoms with van der Waals surface area (Å²) in [6, 6.07) is 12.3. The van der Waals surface area contributed by atoms with Crippen LogP contribution in [0.4, 0.5) is 0 Å². The first-order valence-corrected chi connectivity index (χ1v) is 11.5. The van der Waals surface area contributed by atoms with Gasteiger partial charge in [-0.15, -0.1) is 6.58 Å². The van der Waals surface area contributed by atoms with E-state index in [1.54, 1.807) is 25.1 Å². The average Bonchev–Trinajstić information content (AvgIpc) is 3.04. The Morgan fingerprint density at radius 2 is 2.00 bits per heavy atom. The van der Waals surface area contributed by atoms with Crippen molar-refractivity contribution in [3.63, 3.8) is 0 Å². The maximum atomic E-state index is 12.7. The van der Waals surface area contributed by atoms with Gasteiger partial charge in [0.25, 0.3) is 5.91 Å². The van der Waals surface area contributed by atoms with E-state index in [4.69, 9.17) is 0 Å². The van der Waals surface area contributed by atoms with Crippen LogP contribution in [0.5, 0.6) is 0 Å². The van der Waals surface area contributed by atoms with Crippen molar-refractivity contribution in [2.45, 2.75) is 31.7 Å². The summed E-state index contributed by atoms with van der Waals surface area (Å²) >= 11 is 1.44. The standard InChI is InChI=1S/C21H22N2O3S2/c1-4-12-23-18-11-10-15(5-2)13-19(18)27-21(23)22-20(24)16-8-7-9-17(14-16)28(25,26)6-3/h4,7-11,13-14H,1,5-6,12H2,2-3H3. The zero-order valence-corrected chi connectivity index (χ0v) is 17.5. The minimum atomic E-state index is -3.38. The third kappa shape index (κ3) is 4.00. The number of rotatable bonds is 6. The molecule has 7 heteroatoms. The molecular formula is C21H22N2O3S2. The predicted molar refractivity (Wildman–Crippen MR) is 113 cm³/mol. The molecule has 0 N–H and O–H groups in total. The molecule has 3 rings (SSSR count). The number of fused-ring (bicyclic) bond motifs is 1. The summed E-state index contributed by atoms with van der Waals surface area (Å²) in [5, 5.41) is 0. The number of allylic oxidation sites excluding steroid dienone is 1. The smallest absolute Gasteiger partial charge is 0.279 e. The average molecular weight is 415 g/mol. The summed E-state index contributed by atoms with van der Waals surface area (Å²) in [5.74, 6) is -0.481. The Labute approximate surface area is 168 Å². The third-order valence-corrected chi connectivity index (χ3v) is 7.26. The van der Waals surface area contributed by atoms with E-state index < -0.39 is 15.7 Å². The van der Waals surface area contributed by atoms with E-state index in [-0.39, 0.29) is 16.2 Å². The number of hydrogen-bond acceptors (Lipinski definition) is 4. The van der Waals surface area contributed by atoms with E-state index in [9.17, 15) is 13.2 Å². The van der Waals surface area contributed by atoms with Crippen molar-refractivity contribution in [2.24, 2.45) is 4.99 Å². The molecule has 1 heterocycles. The van der Waals surface area contributed by atoms with Crippen LogP contribution in [0.2, 0.25) is 0 Å². The van der Waals surface area contributed by atoms with Gasteiger partial charge in [0.2, 0.25) is 0 Å². The molecule has 1 amide bonds. The van der Waals surface area contributed by atoms with Crippen LogP contribution in [-0.2, 0) is 22.8 Å². The third-order valence-electron chi connectivity index (χ3n) is 4.48. The Bertz CT molecular complexity index is 1220. The zero-order valence-electron chi connectivity index (χ0n) is 15.9. The second kappa shape index (κ2) is 8.24. The summed E-state index contributed by atoms with van der Waals surface area (Å²) < 4.78 is 27.2.